The molecule has 4 heterocycles. The fourth-order valence-corrected chi connectivity index (χ4v) is 6.67. The van der Waals surface area contributed by atoms with Crippen molar-refractivity contribution in [3.8, 4) is 0 Å². The molecule has 0 aromatic carbocycles. The monoisotopic (exact) mass is 567 g/mol. The Bertz CT molecular complexity index is 962. The molecule has 0 spiro atoms. The van der Waals surface area contributed by atoms with E-state index in [1.807, 2.05) is 23.1 Å². The summed E-state index contributed by atoms with van der Waals surface area (Å²) in [6.07, 6.45) is 26.7. The molecule has 1 amide bonds. The second-order valence-corrected chi connectivity index (χ2v) is 12.7. The third kappa shape index (κ3) is 10.6. The summed E-state index contributed by atoms with van der Waals surface area (Å²) in [5, 5.41) is 0. The zero-order valence-electron chi connectivity index (χ0n) is 25.7. The Hall–Kier alpha value is -2.18. The van der Waals surface area contributed by atoms with E-state index in [0.29, 0.717) is 18.4 Å². The van der Waals surface area contributed by atoms with Crippen LogP contribution in [-0.4, -0.2) is 60.4 Å². The van der Waals surface area contributed by atoms with Crippen LogP contribution >= 0.6 is 0 Å². The van der Waals surface area contributed by atoms with E-state index < -0.39 is 0 Å². The lowest BCUT2D eigenvalue weighted by molar-refractivity contribution is -0.154. The molecule has 0 aliphatic carbocycles. The van der Waals surface area contributed by atoms with Gasteiger partial charge in [-0.05, 0) is 83.1 Å². The second-order valence-electron chi connectivity index (χ2n) is 12.7. The van der Waals surface area contributed by atoms with Crippen molar-refractivity contribution in [3.05, 3.63) is 48.1 Å². The Morgan fingerprint density at radius 1 is 0.927 bits per heavy atom. The van der Waals surface area contributed by atoms with E-state index in [1.165, 1.54) is 12.0 Å². The molecule has 4 bridgehead atoms. The number of allylic oxidation sites excluding steroid dienone is 5. The standard InChI is InChI=1S/C35H53NO5/c1-4-28-22-31-24-30-14-12-13-29(39-30)21-26(2)17-18-27(3)33(41-35(38)25-32(23-28)40-31)15-8-6-5-7-9-16-34(37)36-19-10-11-20-36/h4-6,8,15,17-18,26-27,29-33H,7,9-14,16,19-25H2,1-3H3/b6-5-,15-8+,18-17+,28-4-. The normalized spacial score (nSPS) is 35.7. The summed E-state index contributed by atoms with van der Waals surface area (Å²) in [5.74, 6) is 0.509. The van der Waals surface area contributed by atoms with Gasteiger partial charge >= 0.3 is 5.97 Å². The predicted molar refractivity (Wildman–Crippen MR) is 163 cm³/mol. The molecule has 4 aliphatic rings. The van der Waals surface area contributed by atoms with Gasteiger partial charge in [-0.25, -0.2) is 0 Å². The van der Waals surface area contributed by atoms with Crippen LogP contribution in [0.2, 0.25) is 0 Å². The maximum atomic E-state index is 13.2. The lowest BCUT2D eigenvalue weighted by atomic mass is 9.90. The molecule has 6 heteroatoms. The van der Waals surface area contributed by atoms with Crippen LogP contribution in [0.1, 0.15) is 104 Å². The number of fused-ring (bicyclic) bond motifs is 4. The van der Waals surface area contributed by atoms with Crippen molar-refractivity contribution < 1.29 is 23.8 Å². The van der Waals surface area contributed by atoms with E-state index in [4.69, 9.17) is 14.2 Å². The molecule has 4 aliphatic heterocycles. The van der Waals surface area contributed by atoms with Gasteiger partial charge in [-0.15, -0.1) is 0 Å². The summed E-state index contributed by atoms with van der Waals surface area (Å²) >= 11 is 0. The van der Waals surface area contributed by atoms with Crippen LogP contribution in [0.3, 0.4) is 0 Å². The van der Waals surface area contributed by atoms with Gasteiger partial charge in [-0.3, -0.25) is 9.59 Å². The van der Waals surface area contributed by atoms with Gasteiger partial charge in [0, 0.05) is 31.8 Å². The van der Waals surface area contributed by atoms with Crippen LogP contribution in [0.5, 0.6) is 0 Å². The van der Waals surface area contributed by atoms with Gasteiger partial charge in [0.2, 0.25) is 5.91 Å². The molecule has 0 aromatic rings. The van der Waals surface area contributed by atoms with E-state index in [9.17, 15) is 9.59 Å². The van der Waals surface area contributed by atoms with Gasteiger partial charge in [0.15, 0.2) is 0 Å². The largest absolute Gasteiger partial charge is 0.457 e. The zero-order valence-corrected chi connectivity index (χ0v) is 25.7. The average molecular weight is 568 g/mol. The molecule has 7 unspecified atom stereocenters. The fraction of sp³-hybridized carbons (Fsp3) is 0.714. The van der Waals surface area contributed by atoms with E-state index >= 15 is 0 Å². The second kappa shape index (κ2) is 16.5. The number of nitrogens with zero attached hydrogens (tertiary/aromatic N) is 1. The highest BCUT2D eigenvalue weighted by atomic mass is 16.5. The van der Waals surface area contributed by atoms with Crippen molar-refractivity contribution >= 4 is 11.9 Å². The molecule has 41 heavy (non-hydrogen) atoms. The number of amides is 1. The number of carbonyl (C=O) groups is 2. The van der Waals surface area contributed by atoms with Crippen LogP contribution in [-0.2, 0) is 23.8 Å². The molecule has 0 N–H and O–H groups in total. The Labute approximate surface area is 248 Å². The molecular formula is C35H53NO5. The van der Waals surface area contributed by atoms with Crippen LogP contribution < -0.4 is 0 Å². The molecular weight excluding hydrogens is 514 g/mol. The van der Waals surface area contributed by atoms with Crippen molar-refractivity contribution in [1.82, 2.24) is 4.90 Å². The highest BCUT2D eigenvalue weighted by Gasteiger charge is 2.32. The van der Waals surface area contributed by atoms with Crippen molar-refractivity contribution in [2.24, 2.45) is 11.8 Å². The number of likely N-dealkylation sites (tertiary alicyclic amines) is 1. The molecule has 4 rings (SSSR count). The first-order valence-corrected chi connectivity index (χ1v) is 16.3. The quantitative estimate of drug-likeness (QED) is 0.146. The minimum Gasteiger partial charge on any atom is -0.457 e. The molecule has 3 saturated heterocycles. The van der Waals surface area contributed by atoms with Gasteiger partial charge < -0.3 is 19.1 Å². The number of rotatable bonds is 6. The third-order valence-electron chi connectivity index (χ3n) is 9.06. The summed E-state index contributed by atoms with van der Waals surface area (Å²) in [4.78, 5) is 27.4. The average Bonchev–Trinajstić information content (AvgIpc) is 3.49. The van der Waals surface area contributed by atoms with Gasteiger partial charge in [-0.2, -0.15) is 0 Å². The van der Waals surface area contributed by atoms with Gasteiger partial charge in [0.25, 0.3) is 0 Å². The summed E-state index contributed by atoms with van der Waals surface area (Å²) in [6, 6.07) is 0. The summed E-state index contributed by atoms with van der Waals surface area (Å²) in [6.45, 7) is 8.28. The van der Waals surface area contributed by atoms with Crippen LogP contribution in [0.4, 0.5) is 0 Å². The molecule has 0 radical (unpaired) electrons. The number of unbranched alkanes of at least 4 members (excludes halogenated alkanes) is 1. The first-order chi connectivity index (χ1) is 19.9. The maximum Gasteiger partial charge on any atom is 0.309 e. The molecule has 7 atom stereocenters. The van der Waals surface area contributed by atoms with Crippen molar-refractivity contribution in [1.29, 1.82) is 0 Å². The molecule has 3 fully saturated rings. The van der Waals surface area contributed by atoms with Gasteiger partial charge in [0.05, 0.1) is 30.8 Å². The lowest BCUT2D eigenvalue weighted by Crippen LogP contribution is -2.37. The highest BCUT2D eigenvalue weighted by Crippen LogP contribution is 2.33. The topological polar surface area (TPSA) is 65.1 Å². The first kappa shape index (κ1) is 31.7. The minimum atomic E-state index is -0.351. The Kier molecular flexibility index (Phi) is 12.7. The molecule has 0 aromatic heterocycles. The van der Waals surface area contributed by atoms with Crippen molar-refractivity contribution in [3.63, 3.8) is 0 Å². The number of ether oxygens (including phenoxy) is 3. The minimum absolute atomic E-state index is 0.0446. The summed E-state index contributed by atoms with van der Waals surface area (Å²) in [7, 11) is 0. The maximum absolute atomic E-state index is 13.2. The van der Waals surface area contributed by atoms with Crippen LogP contribution in [0.15, 0.2) is 48.1 Å². The van der Waals surface area contributed by atoms with Crippen LogP contribution in [0, 0.1) is 11.8 Å². The van der Waals surface area contributed by atoms with Gasteiger partial charge in [-0.1, -0.05) is 55.9 Å². The number of hydrogen-bond donors (Lipinski definition) is 0. The molecule has 228 valence electrons. The Morgan fingerprint density at radius 2 is 1.66 bits per heavy atom. The molecule has 0 saturated carbocycles. The highest BCUT2D eigenvalue weighted by molar-refractivity contribution is 5.76. The number of carbonyl (C=O) groups excluding carboxylic acids is 2. The van der Waals surface area contributed by atoms with E-state index in [0.717, 1.165) is 77.3 Å². The summed E-state index contributed by atoms with van der Waals surface area (Å²) < 4.78 is 19.1. The van der Waals surface area contributed by atoms with Gasteiger partial charge in [0.1, 0.15) is 6.10 Å². The van der Waals surface area contributed by atoms with Crippen molar-refractivity contribution in [2.45, 2.75) is 135 Å². The number of hydrogen-bond acceptors (Lipinski definition) is 5. The zero-order chi connectivity index (χ0) is 29.0. The predicted octanol–water partition coefficient (Wildman–Crippen LogP) is 7.25. The molecule has 6 nitrogen and oxygen atoms in total. The van der Waals surface area contributed by atoms with Crippen LogP contribution in [0.25, 0.3) is 0 Å². The fourth-order valence-electron chi connectivity index (χ4n) is 6.67. The lowest BCUT2D eigenvalue weighted by Gasteiger charge is -2.37. The Morgan fingerprint density at radius 3 is 2.44 bits per heavy atom. The number of esters is 1. The smallest absolute Gasteiger partial charge is 0.309 e. The number of cyclic esters (lactones) is 1. The van der Waals surface area contributed by atoms with Crippen molar-refractivity contribution in [2.75, 3.05) is 13.1 Å². The SMILES string of the molecule is C/C=C1\CC2CC(=O)OC(/C=C/C=C\CCCC(=O)N3CCCC3)C(C)/C=C/C(C)CC3CCCC(CC(C1)O2)O3. The van der Waals surface area contributed by atoms with E-state index in [-0.39, 0.29) is 48.6 Å². The third-order valence-corrected chi connectivity index (χ3v) is 9.06. The first-order valence-electron chi connectivity index (χ1n) is 16.3. The van der Waals surface area contributed by atoms with E-state index in [2.05, 4.69) is 45.1 Å². The summed E-state index contributed by atoms with van der Waals surface area (Å²) in [5.41, 5.74) is 1.36. The Balaban J connectivity index is 1.38. The van der Waals surface area contributed by atoms with E-state index in [1.54, 1.807) is 0 Å².